The Morgan fingerprint density at radius 2 is 0.848 bits per heavy atom. The van der Waals surface area contributed by atoms with Crippen LogP contribution in [0.25, 0.3) is 0 Å². The molecule has 168 valence electrons. The van der Waals surface area contributed by atoms with Gasteiger partial charge in [-0.3, -0.25) is 0 Å². The average molecular weight is 473 g/mol. The highest BCUT2D eigenvalue weighted by molar-refractivity contribution is 6.21. The lowest BCUT2D eigenvalue weighted by Gasteiger charge is -2.12. The summed E-state index contributed by atoms with van der Waals surface area (Å²) >= 11 is 13.2. The minimum Gasteiger partial charge on any atom is -0.118 e. The molecule has 2 atom stereocenters. The van der Waals surface area contributed by atoms with Crippen LogP contribution in [0.3, 0.4) is 0 Å². The van der Waals surface area contributed by atoms with Crippen molar-refractivity contribution in [1.29, 1.82) is 0 Å². The Balaban J connectivity index is 1.33. The van der Waals surface area contributed by atoms with Gasteiger partial charge in [0.15, 0.2) is 0 Å². The highest BCUT2D eigenvalue weighted by Gasteiger charge is 2.09. The van der Waals surface area contributed by atoms with Gasteiger partial charge in [0, 0.05) is 0 Å². The third kappa shape index (κ3) is 7.22. The second-order valence-electron chi connectivity index (χ2n) is 8.65. The fraction of sp³-hybridized carbons (Fsp3) is 0.226. The van der Waals surface area contributed by atoms with Crippen LogP contribution in [-0.2, 0) is 19.3 Å². The van der Waals surface area contributed by atoms with Gasteiger partial charge in [0.05, 0.1) is 10.8 Å². The smallest absolute Gasteiger partial charge is 0.0588 e. The minimum atomic E-state index is 0.0492. The quantitative estimate of drug-likeness (QED) is 0.202. The predicted octanol–water partition coefficient (Wildman–Crippen LogP) is 9.10. The van der Waals surface area contributed by atoms with Gasteiger partial charge in [0.2, 0.25) is 0 Å². The summed E-state index contributed by atoms with van der Waals surface area (Å²) in [6.45, 7) is 0. The van der Waals surface area contributed by atoms with Crippen molar-refractivity contribution in [2.75, 3.05) is 0 Å². The van der Waals surface area contributed by atoms with E-state index in [2.05, 4.69) is 97.1 Å². The van der Waals surface area contributed by atoms with Gasteiger partial charge in [-0.05, 0) is 65.5 Å². The molecule has 0 spiro atoms. The zero-order chi connectivity index (χ0) is 22.9. The second-order valence-corrected chi connectivity index (χ2v) is 9.70. The Labute approximate surface area is 208 Å². The average Bonchev–Trinajstić information content (AvgIpc) is 2.87. The Morgan fingerprint density at radius 3 is 1.27 bits per heavy atom. The molecule has 0 nitrogen and oxygen atoms in total. The van der Waals surface area contributed by atoms with Gasteiger partial charge in [0.25, 0.3) is 0 Å². The van der Waals surface area contributed by atoms with Gasteiger partial charge in [-0.25, -0.2) is 0 Å². The van der Waals surface area contributed by atoms with Crippen LogP contribution in [0.4, 0.5) is 0 Å². The monoisotopic (exact) mass is 472 g/mol. The molecule has 0 aliphatic rings. The fourth-order valence-electron chi connectivity index (χ4n) is 4.27. The third-order valence-corrected chi connectivity index (χ3v) is 7.03. The summed E-state index contributed by atoms with van der Waals surface area (Å²) in [5, 5.41) is 0.0985. The van der Waals surface area contributed by atoms with Crippen molar-refractivity contribution in [1.82, 2.24) is 0 Å². The van der Waals surface area contributed by atoms with Crippen molar-refractivity contribution in [3.63, 3.8) is 0 Å². The van der Waals surface area contributed by atoms with E-state index in [9.17, 15) is 0 Å². The van der Waals surface area contributed by atoms with Crippen LogP contribution in [0.5, 0.6) is 0 Å². The van der Waals surface area contributed by atoms with Crippen LogP contribution in [0.2, 0.25) is 0 Å². The van der Waals surface area contributed by atoms with E-state index in [0.29, 0.717) is 0 Å². The molecule has 4 aromatic rings. The highest BCUT2D eigenvalue weighted by Crippen LogP contribution is 2.27. The lowest BCUT2D eigenvalue weighted by Crippen LogP contribution is -1.97. The molecule has 0 radical (unpaired) electrons. The zero-order valence-corrected chi connectivity index (χ0v) is 20.4. The largest absolute Gasteiger partial charge is 0.118 e. The summed E-state index contributed by atoms with van der Waals surface area (Å²) in [4.78, 5) is 0. The molecule has 0 aliphatic carbocycles. The van der Waals surface area contributed by atoms with Crippen molar-refractivity contribution < 1.29 is 0 Å². The number of alkyl halides is 2. The predicted molar refractivity (Wildman–Crippen MR) is 142 cm³/mol. The van der Waals surface area contributed by atoms with Crippen molar-refractivity contribution in [3.8, 4) is 0 Å². The number of benzene rings is 4. The Morgan fingerprint density at radius 1 is 0.455 bits per heavy atom. The number of aryl methyl sites for hydroxylation is 2. The third-order valence-electron chi connectivity index (χ3n) is 6.09. The Bertz CT molecular complexity index is 1030. The summed E-state index contributed by atoms with van der Waals surface area (Å²) in [6.07, 6.45) is 4.77. The van der Waals surface area contributed by atoms with E-state index in [1.807, 2.05) is 12.1 Å². The summed E-state index contributed by atoms with van der Waals surface area (Å²) in [7, 11) is 0. The zero-order valence-electron chi connectivity index (χ0n) is 18.8. The van der Waals surface area contributed by atoms with E-state index in [-0.39, 0.29) is 10.8 Å². The SMILES string of the molecule is ClC(CCc1cccc(Cc2cccc(CCC(Cl)c3ccccc3)c2)c1)c1ccccc1. The van der Waals surface area contributed by atoms with Gasteiger partial charge in [0.1, 0.15) is 0 Å². The molecule has 4 rings (SSSR count). The molecule has 0 N–H and O–H groups in total. The van der Waals surface area contributed by atoms with Gasteiger partial charge < -0.3 is 0 Å². The molecule has 33 heavy (non-hydrogen) atoms. The highest BCUT2D eigenvalue weighted by atomic mass is 35.5. The minimum absolute atomic E-state index is 0.0492. The number of hydrogen-bond donors (Lipinski definition) is 0. The molecule has 0 amide bonds. The first-order chi connectivity index (χ1) is 16.2. The lowest BCUT2D eigenvalue weighted by atomic mass is 9.97. The maximum Gasteiger partial charge on any atom is 0.0588 e. The summed E-state index contributed by atoms with van der Waals surface area (Å²) in [6, 6.07) is 38.5. The van der Waals surface area contributed by atoms with Gasteiger partial charge in [-0.2, -0.15) is 0 Å². The van der Waals surface area contributed by atoms with Crippen LogP contribution in [-0.4, -0.2) is 0 Å². The van der Waals surface area contributed by atoms with E-state index in [4.69, 9.17) is 23.2 Å². The first-order valence-corrected chi connectivity index (χ1v) is 12.6. The number of halogens is 2. The maximum absolute atomic E-state index is 6.62. The van der Waals surface area contributed by atoms with Crippen LogP contribution >= 0.6 is 23.2 Å². The van der Waals surface area contributed by atoms with Crippen molar-refractivity contribution in [2.24, 2.45) is 0 Å². The molecular weight excluding hydrogens is 443 g/mol. The van der Waals surface area contributed by atoms with E-state index in [1.54, 1.807) is 0 Å². The molecular formula is C31H30Cl2. The molecule has 0 heterocycles. The van der Waals surface area contributed by atoms with E-state index < -0.39 is 0 Å². The molecule has 0 aromatic heterocycles. The maximum atomic E-state index is 6.62. The van der Waals surface area contributed by atoms with Crippen LogP contribution < -0.4 is 0 Å². The van der Waals surface area contributed by atoms with Gasteiger partial charge in [-0.1, -0.05) is 109 Å². The normalized spacial score (nSPS) is 12.9. The van der Waals surface area contributed by atoms with Crippen LogP contribution in [0.15, 0.2) is 109 Å². The molecule has 0 aliphatic heterocycles. The van der Waals surface area contributed by atoms with Crippen molar-refractivity contribution >= 4 is 23.2 Å². The summed E-state index contributed by atoms with van der Waals surface area (Å²) in [5.74, 6) is 0. The summed E-state index contributed by atoms with van der Waals surface area (Å²) < 4.78 is 0. The van der Waals surface area contributed by atoms with Crippen LogP contribution in [0, 0.1) is 0 Å². The van der Waals surface area contributed by atoms with Crippen molar-refractivity contribution in [3.05, 3.63) is 143 Å². The molecule has 2 unspecified atom stereocenters. The fourth-order valence-corrected chi connectivity index (χ4v) is 4.78. The van der Waals surface area contributed by atoms with Gasteiger partial charge in [-0.15, -0.1) is 23.2 Å². The van der Waals surface area contributed by atoms with Crippen LogP contribution in [0.1, 0.15) is 57.0 Å². The number of rotatable bonds is 10. The molecule has 4 aromatic carbocycles. The van der Waals surface area contributed by atoms with Crippen molar-refractivity contribution in [2.45, 2.75) is 42.9 Å². The molecule has 0 saturated heterocycles. The molecule has 0 fully saturated rings. The topological polar surface area (TPSA) is 0 Å². The van der Waals surface area contributed by atoms with Gasteiger partial charge >= 0.3 is 0 Å². The van der Waals surface area contributed by atoms with E-state index >= 15 is 0 Å². The molecule has 0 saturated carbocycles. The summed E-state index contributed by atoms with van der Waals surface area (Å²) in [5.41, 5.74) is 7.76. The Kier molecular flexibility index (Phi) is 8.64. The number of hydrogen-bond acceptors (Lipinski definition) is 0. The van der Waals surface area contributed by atoms with E-state index in [1.165, 1.54) is 33.4 Å². The first kappa shape index (κ1) is 23.6. The first-order valence-electron chi connectivity index (χ1n) is 11.7. The lowest BCUT2D eigenvalue weighted by molar-refractivity contribution is 0.791. The van der Waals surface area contributed by atoms with E-state index in [0.717, 1.165) is 32.1 Å². The second kappa shape index (κ2) is 12.1. The molecule has 0 bridgehead atoms. The Hall–Kier alpha value is -2.54. The molecule has 2 heteroatoms. The standard InChI is InChI=1S/C31H30Cl2/c32-30(28-13-3-1-4-14-28)19-17-24-9-7-11-26(21-24)23-27-12-8-10-25(22-27)18-20-31(33)29-15-5-2-6-16-29/h1-16,21-22,30-31H,17-20,23H2.